The van der Waals surface area contributed by atoms with E-state index in [0.29, 0.717) is 40.8 Å². The Morgan fingerprint density at radius 1 is 1.06 bits per heavy atom. The molecule has 1 aromatic heterocycles. The minimum Gasteiger partial charge on any atom is -0.367 e. The lowest BCUT2D eigenvalue weighted by atomic mass is 9.78. The average molecular weight is 670 g/mol. The van der Waals surface area contributed by atoms with E-state index in [-0.39, 0.29) is 17.6 Å². The number of likely N-dealkylation sites (tertiary alicyclic amines) is 1. The highest BCUT2D eigenvalue weighted by Crippen LogP contribution is 2.39. The van der Waals surface area contributed by atoms with Crippen LogP contribution in [0, 0.1) is 29.1 Å². The van der Waals surface area contributed by atoms with Gasteiger partial charge in [-0.1, -0.05) is 102 Å². The number of carbonyl (C=O) groups excluding carboxylic acids is 2. The molecule has 0 saturated carbocycles. The summed E-state index contributed by atoms with van der Waals surface area (Å²) in [5, 5.41) is 9.89. The van der Waals surface area contributed by atoms with E-state index < -0.39 is 0 Å². The average Bonchev–Trinajstić information content (AvgIpc) is 3.46. The van der Waals surface area contributed by atoms with Gasteiger partial charge < -0.3 is 4.90 Å². The summed E-state index contributed by atoms with van der Waals surface area (Å²) in [7, 11) is 0. The van der Waals surface area contributed by atoms with Gasteiger partial charge in [-0.3, -0.25) is 14.6 Å². The molecule has 48 heavy (non-hydrogen) atoms. The summed E-state index contributed by atoms with van der Waals surface area (Å²) < 4.78 is 0. The van der Waals surface area contributed by atoms with E-state index in [0.717, 1.165) is 74.7 Å². The molecule has 0 bridgehead atoms. The topological polar surface area (TPSA) is 74.1 Å². The summed E-state index contributed by atoms with van der Waals surface area (Å²) in [4.78, 5) is 33.0. The van der Waals surface area contributed by atoms with Crippen molar-refractivity contribution in [3.8, 4) is 6.07 Å². The molecule has 5 nitrogen and oxygen atoms in total. The third kappa shape index (κ3) is 10.0. The Hall–Kier alpha value is -3.49. The number of aromatic nitrogens is 1. The van der Waals surface area contributed by atoms with Crippen LogP contribution in [0.15, 0.2) is 59.5 Å². The van der Waals surface area contributed by atoms with E-state index in [9.17, 15) is 14.9 Å². The minimum absolute atomic E-state index is 0.118. The number of hydrogen-bond acceptors (Lipinski definition) is 5. The minimum atomic E-state index is -0.118. The number of nitrogens with zero attached hydrogens (tertiary/aromatic N) is 3. The van der Waals surface area contributed by atoms with Crippen molar-refractivity contribution < 1.29 is 9.59 Å². The van der Waals surface area contributed by atoms with Gasteiger partial charge in [-0.15, -0.1) is 0 Å². The van der Waals surface area contributed by atoms with Crippen LogP contribution in [-0.4, -0.2) is 28.0 Å². The maximum atomic E-state index is 13.8. The smallest absolute Gasteiger partial charge is 0.166 e. The highest BCUT2D eigenvalue weighted by Gasteiger charge is 2.29. The highest BCUT2D eigenvalue weighted by molar-refractivity contribution is 6.32. The molecule has 258 valence electrons. The zero-order chi connectivity index (χ0) is 35.4. The van der Waals surface area contributed by atoms with E-state index in [2.05, 4.69) is 81.8 Å². The van der Waals surface area contributed by atoms with Crippen molar-refractivity contribution in [3.63, 3.8) is 0 Å². The Bertz CT molecular complexity index is 1580. The molecule has 0 radical (unpaired) electrons. The first-order valence-corrected chi connectivity index (χ1v) is 18.5. The van der Waals surface area contributed by atoms with Crippen LogP contribution in [0.4, 0.5) is 0 Å². The second-order valence-electron chi connectivity index (χ2n) is 13.6. The quantitative estimate of drug-likeness (QED) is 0.157. The second kappa shape index (κ2) is 18.9. The van der Waals surface area contributed by atoms with E-state index in [1.165, 1.54) is 22.4 Å². The number of pyridine rings is 1. The number of rotatable bonds is 17. The van der Waals surface area contributed by atoms with Crippen LogP contribution in [0.25, 0.3) is 5.57 Å². The van der Waals surface area contributed by atoms with Gasteiger partial charge in [-0.25, -0.2) is 0 Å². The van der Waals surface area contributed by atoms with Gasteiger partial charge in [0.05, 0.1) is 16.3 Å². The second-order valence-corrected chi connectivity index (χ2v) is 14.0. The number of nitriles is 1. The van der Waals surface area contributed by atoms with Crippen molar-refractivity contribution in [2.75, 3.05) is 6.54 Å². The fraction of sp³-hybridized carbons (Fsp3) is 0.524. The van der Waals surface area contributed by atoms with Crippen LogP contribution in [0.3, 0.4) is 0 Å². The predicted octanol–water partition coefficient (Wildman–Crippen LogP) is 11.1. The summed E-state index contributed by atoms with van der Waals surface area (Å²) >= 11 is 6.75. The van der Waals surface area contributed by atoms with Crippen LogP contribution in [-0.2, 0) is 17.8 Å². The molecule has 1 aromatic carbocycles. The molecular formula is C42H56ClN3O2. The van der Waals surface area contributed by atoms with Crippen LogP contribution in [0.2, 0.25) is 5.02 Å². The lowest BCUT2D eigenvalue weighted by Gasteiger charge is -2.26. The third-order valence-electron chi connectivity index (χ3n) is 9.96. The molecule has 3 unspecified atom stereocenters. The molecule has 1 fully saturated rings. The first-order valence-electron chi connectivity index (χ1n) is 18.1. The molecule has 0 spiro atoms. The van der Waals surface area contributed by atoms with Gasteiger partial charge in [0.2, 0.25) is 0 Å². The molecular weight excluding hydrogens is 614 g/mol. The number of halogens is 1. The summed E-state index contributed by atoms with van der Waals surface area (Å²) in [6.07, 6.45) is 13.7. The number of Topliss-reactive ketones (excluding diaryl/α,β-unsaturated/α-hetero) is 2. The summed E-state index contributed by atoms with van der Waals surface area (Å²) in [6, 6.07) is 10.2. The number of hydrogen-bond donors (Lipinski definition) is 0. The highest BCUT2D eigenvalue weighted by atomic mass is 35.5. The first-order chi connectivity index (χ1) is 23.0. The number of carbonyl (C=O) groups is 2. The Labute approximate surface area is 295 Å². The zero-order valence-electron chi connectivity index (χ0n) is 30.6. The van der Waals surface area contributed by atoms with E-state index in [4.69, 9.17) is 11.6 Å². The van der Waals surface area contributed by atoms with Crippen LogP contribution in [0.1, 0.15) is 139 Å². The molecule has 2 aromatic rings. The molecule has 1 aliphatic heterocycles. The monoisotopic (exact) mass is 669 g/mol. The number of allylic oxidation sites excluding steroid dienone is 5. The van der Waals surface area contributed by atoms with Gasteiger partial charge in [-0.2, -0.15) is 5.26 Å². The molecule has 0 aliphatic carbocycles. The first kappa shape index (κ1) is 39.0. The van der Waals surface area contributed by atoms with Crippen LogP contribution >= 0.6 is 11.6 Å². The zero-order valence-corrected chi connectivity index (χ0v) is 31.3. The van der Waals surface area contributed by atoms with Crippen molar-refractivity contribution in [1.82, 2.24) is 9.88 Å². The number of benzene rings is 1. The normalized spacial score (nSPS) is 17.3. The molecule has 3 rings (SSSR count). The van der Waals surface area contributed by atoms with Gasteiger partial charge in [0.1, 0.15) is 11.9 Å². The Balaban J connectivity index is 1.90. The maximum absolute atomic E-state index is 13.8. The summed E-state index contributed by atoms with van der Waals surface area (Å²) in [5.41, 5.74) is 8.98. The van der Waals surface area contributed by atoms with Gasteiger partial charge in [0.15, 0.2) is 5.78 Å². The molecule has 0 N–H and O–H groups in total. The number of ketones is 2. The van der Waals surface area contributed by atoms with Gasteiger partial charge >= 0.3 is 0 Å². The molecule has 6 heteroatoms. The van der Waals surface area contributed by atoms with Crippen LogP contribution in [0.5, 0.6) is 0 Å². The maximum Gasteiger partial charge on any atom is 0.166 e. The van der Waals surface area contributed by atoms with Crippen molar-refractivity contribution in [2.24, 2.45) is 17.8 Å². The van der Waals surface area contributed by atoms with Crippen LogP contribution < -0.4 is 0 Å². The third-order valence-corrected chi connectivity index (χ3v) is 10.2. The Morgan fingerprint density at radius 2 is 1.79 bits per heavy atom. The van der Waals surface area contributed by atoms with E-state index >= 15 is 0 Å². The molecule has 0 amide bonds. The van der Waals surface area contributed by atoms with E-state index in [1.807, 2.05) is 19.9 Å². The van der Waals surface area contributed by atoms with Gasteiger partial charge in [-0.05, 0) is 80.1 Å². The van der Waals surface area contributed by atoms with Crippen molar-refractivity contribution in [1.29, 1.82) is 5.26 Å². The summed E-state index contributed by atoms with van der Waals surface area (Å²) in [6.45, 7) is 18.7. The predicted molar refractivity (Wildman–Crippen MR) is 200 cm³/mol. The fourth-order valence-corrected chi connectivity index (χ4v) is 7.08. The van der Waals surface area contributed by atoms with Gasteiger partial charge in [0, 0.05) is 54.9 Å². The van der Waals surface area contributed by atoms with Crippen molar-refractivity contribution >= 4 is 28.7 Å². The van der Waals surface area contributed by atoms with Crippen molar-refractivity contribution in [3.05, 3.63) is 92.4 Å². The SMILES string of the molecule is CC\C=C1/C(=C(\C=C(/C)CCC)c2ncc(C#N)cc2Cl)CCN1Cc1ccc(C(=O)C(C)C(C)C(C)CCC(=O)CCC)c(CC)c1. The van der Waals surface area contributed by atoms with E-state index in [1.54, 1.807) is 12.3 Å². The lowest BCUT2D eigenvalue weighted by molar-refractivity contribution is -0.119. The molecule has 1 aliphatic rings. The lowest BCUT2D eigenvalue weighted by Crippen LogP contribution is -2.25. The summed E-state index contributed by atoms with van der Waals surface area (Å²) in [5.74, 6) is 0.895. The van der Waals surface area contributed by atoms with Crippen molar-refractivity contribution in [2.45, 2.75) is 120 Å². The molecule has 3 atom stereocenters. The Kier molecular flexibility index (Phi) is 15.3. The standard InChI is InChI=1S/C42H56ClN3O2/c1-9-13-28(5)22-38(41-39(43)24-33(25-44)26-45-41)37-20-21-46(40(37)15-11-3)27-32-17-19-36(34(12-4)23-32)42(48)31(8)30(7)29(6)16-18-35(47)14-10-2/h15,17,19,22-24,26,29-31H,9-14,16,18,20-21,27H2,1-8H3/b28-22+,38-37+,40-15+. The fourth-order valence-electron chi connectivity index (χ4n) is 6.81. The molecule has 2 heterocycles. The largest absolute Gasteiger partial charge is 0.367 e. The number of aryl methyl sites for hydroxylation is 1. The van der Waals surface area contributed by atoms with Gasteiger partial charge in [0.25, 0.3) is 0 Å². The Morgan fingerprint density at radius 3 is 2.42 bits per heavy atom. The molecule has 1 saturated heterocycles.